The van der Waals surface area contributed by atoms with Gasteiger partial charge in [-0.05, 0) is 18.6 Å². The second kappa shape index (κ2) is 6.86. The molecule has 1 N–H and O–H groups in total. The van der Waals surface area contributed by atoms with E-state index in [1.165, 1.54) is 6.20 Å². The van der Waals surface area contributed by atoms with Gasteiger partial charge in [-0.15, -0.1) is 0 Å². The monoisotopic (exact) mass is 275 g/mol. The number of aromatic nitrogens is 1. The van der Waals surface area contributed by atoms with Crippen LogP contribution in [-0.4, -0.2) is 35.9 Å². The molecular formula is C15H17NO4. The summed E-state index contributed by atoms with van der Waals surface area (Å²) in [4.78, 5) is 15.4. The van der Waals surface area contributed by atoms with Gasteiger partial charge in [0.1, 0.15) is 17.9 Å². The number of rotatable bonds is 7. The third-order valence-electron chi connectivity index (χ3n) is 2.78. The Morgan fingerprint density at radius 2 is 2.05 bits per heavy atom. The lowest BCUT2D eigenvalue weighted by Crippen LogP contribution is -2.10. The number of para-hydroxylation sites is 1. The second-order valence-electron chi connectivity index (χ2n) is 4.28. The molecule has 0 unspecified atom stereocenters. The molecule has 1 aromatic carbocycles. The average Bonchev–Trinajstić information content (AvgIpc) is 2.46. The molecule has 1 aromatic heterocycles. The van der Waals surface area contributed by atoms with Crippen molar-refractivity contribution in [1.29, 1.82) is 0 Å². The minimum atomic E-state index is -1.05. The summed E-state index contributed by atoms with van der Waals surface area (Å²) in [6.07, 6.45) is 2.27. The quantitative estimate of drug-likeness (QED) is 0.787. The normalized spacial score (nSPS) is 10.7. The highest BCUT2D eigenvalue weighted by Crippen LogP contribution is 2.28. The van der Waals surface area contributed by atoms with Gasteiger partial charge < -0.3 is 14.6 Å². The Morgan fingerprint density at radius 1 is 1.25 bits per heavy atom. The van der Waals surface area contributed by atoms with Crippen molar-refractivity contribution >= 4 is 16.9 Å². The number of hydrogen-bond donors (Lipinski definition) is 1. The molecule has 0 amide bonds. The maximum Gasteiger partial charge on any atom is 0.341 e. The number of hydrogen-bond acceptors (Lipinski definition) is 4. The first-order chi connectivity index (χ1) is 9.74. The first-order valence-corrected chi connectivity index (χ1v) is 6.55. The van der Waals surface area contributed by atoms with Crippen molar-refractivity contribution in [2.24, 2.45) is 0 Å². The predicted octanol–water partition coefficient (Wildman–Crippen LogP) is 2.74. The maximum absolute atomic E-state index is 11.2. The molecule has 106 valence electrons. The Hall–Kier alpha value is -2.14. The first-order valence-electron chi connectivity index (χ1n) is 6.55. The number of carboxylic acid groups (broad SMARTS) is 1. The smallest absolute Gasteiger partial charge is 0.341 e. The fraction of sp³-hybridized carbons (Fsp3) is 0.333. The number of carboxylic acids is 1. The summed E-state index contributed by atoms with van der Waals surface area (Å²) in [6, 6.07) is 7.30. The zero-order chi connectivity index (χ0) is 14.4. The van der Waals surface area contributed by atoms with Crippen LogP contribution in [0.5, 0.6) is 5.75 Å². The summed E-state index contributed by atoms with van der Waals surface area (Å²) in [6.45, 7) is 3.45. The van der Waals surface area contributed by atoms with Gasteiger partial charge in [-0.1, -0.05) is 19.1 Å². The van der Waals surface area contributed by atoms with Crippen LogP contribution >= 0.6 is 0 Å². The molecule has 20 heavy (non-hydrogen) atoms. The van der Waals surface area contributed by atoms with Crippen LogP contribution in [-0.2, 0) is 4.74 Å². The Morgan fingerprint density at radius 3 is 2.80 bits per heavy atom. The summed E-state index contributed by atoms with van der Waals surface area (Å²) < 4.78 is 10.9. The highest BCUT2D eigenvalue weighted by atomic mass is 16.5. The molecule has 0 aliphatic carbocycles. The molecule has 2 rings (SSSR count). The average molecular weight is 275 g/mol. The minimum absolute atomic E-state index is 0.0687. The fourth-order valence-corrected chi connectivity index (χ4v) is 1.87. The number of benzene rings is 1. The molecule has 0 radical (unpaired) electrons. The lowest BCUT2D eigenvalue weighted by atomic mass is 10.1. The fourth-order valence-electron chi connectivity index (χ4n) is 1.87. The molecule has 0 atom stereocenters. The van der Waals surface area contributed by atoms with Crippen LogP contribution in [0.25, 0.3) is 10.9 Å². The zero-order valence-corrected chi connectivity index (χ0v) is 11.3. The van der Waals surface area contributed by atoms with E-state index in [1.54, 1.807) is 6.07 Å². The summed E-state index contributed by atoms with van der Waals surface area (Å²) in [7, 11) is 0. The van der Waals surface area contributed by atoms with Gasteiger partial charge in [0.2, 0.25) is 0 Å². The van der Waals surface area contributed by atoms with E-state index < -0.39 is 5.97 Å². The Balaban J connectivity index is 2.23. The van der Waals surface area contributed by atoms with E-state index in [-0.39, 0.29) is 5.56 Å². The van der Waals surface area contributed by atoms with Crippen molar-refractivity contribution in [3.8, 4) is 5.75 Å². The van der Waals surface area contributed by atoms with Crippen LogP contribution < -0.4 is 4.74 Å². The van der Waals surface area contributed by atoms with Crippen molar-refractivity contribution in [1.82, 2.24) is 4.98 Å². The van der Waals surface area contributed by atoms with Crippen LogP contribution in [0, 0.1) is 0 Å². The van der Waals surface area contributed by atoms with E-state index in [4.69, 9.17) is 9.47 Å². The molecule has 0 saturated carbocycles. The lowest BCUT2D eigenvalue weighted by molar-refractivity contribution is 0.0685. The van der Waals surface area contributed by atoms with Crippen LogP contribution in [0.1, 0.15) is 23.7 Å². The molecule has 0 aliphatic rings. The summed E-state index contributed by atoms with van der Waals surface area (Å²) in [5.74, 6) is -0.698. The van der Waals surface area contributed by atoms with Gasteiger partial charge in [-0.25, -0.2) is 4.79 Å². The van der Waals surface area contributed by atoms with Gasteiger partial charge in [0.25, 0.3) is 0 Å². The molecule has 0 aliphatic heterocycles. The van der Waals surface area contributed by atoms with Gasteiger partial charge in [-0.3, -0.25) is 4.98 Å². The number of carbonyl (C=O) groups is 1. The van der Waals surface area contributed by atoms with E-state index >= 15 is 0 Å². The van der Waals surface area contributed by atoms with Crippen LogP contribution in [0.2, 0.25) is 0 Å². The van der Waals surface area contributed by atoms with Crippen molar-refractivity contribution in [3.63, 3.8) is 0 Å². The number of nitrogens with zero attached hydrogens (tertiary/aromatic N) is 1. The third kappa shape index (κ3) is 3.24. The van der Waals surface area contributed by atoms with Crippen molar-refractivity contribution in [2.75, 3.05) is 19.8 Å². The van der Waals surface area contributed by atoms with Gasteiger partial charge in [-0.2, -0.15) is 0 Å². The largest absolute Gasteiger partial charge is 0.490 e. The molecule has 5 nitrogen and oxygen atoms in total. The molecule has 1 heterocycles. The molecule has 2 aromatic rings. The number of pyridine rings is 1. The lowest BCUT2D eigenvalue weighted by Gasteiger charge is -2.11. The van der Waals surface area contributed by atoms with E-state index in [0.29, 0.717) is 36.5 Å². The highest BCUT2D eigenvalue weighted by molar-refractivity contribution is 5.98. The number of ether oxygens (including phenoxy) is 2. The van der Waals surface area contributed by atoms with Crippen LogP contribution in [0.15, 0.2) is 30.5 Å². The summed E-state index contributed by atoms with van der Waals surface area (Å²) in [5, 5.41) is 9.91. The second-order valence-corrected chi connectivity index (χ2v) is 4.28. The molecule has 0 bridgehead atoms. The van der Waals surface area contributed by atoms with Crippen LogP contribution in [0.4, 0.5) is 0 Å². The van der Waals surface area contributed by atoms with E-state index in [9.17, 15) is 9.90 Å². The number of aromatic carboxylic acids is 1. The third-order valence-corrected chi connectivity index (χ3v) is 2.78. The predicted molar refractivity (Wildman–Crippen MR) is 75.3 cm³/mol. The van der Waals surface area contributed by atoms with Crippen molar-refractivity contribution in [2.45, 2.75) is 13.3 Å². The summed E-state index contributed by atoms with van der Waals surface area (Å²) >= 11 is 0. The number of fused-ring (bicyclic) bond motifs is 1. The van der Waals surface area contributed by atoms with Crippen LogP contribution in [0.3, 0.4) is 0 Å². The highest BCUT2D eigenvalue weighted by Gasteiger charge is 2.15. The topological polar surface area (TPSA) is 68.7 Å². The standard InChI is InChI=1S/C15H17NO4/c1-2-7-19-8-9-20-14-11-5-3-4-6-13(11)16-10-12(14)15(17)18/h3-6,10H,2,7-9H2,1H3,(H,17,18). The van der Waals surface area contributed by atoms with Gasteiger partial charge in [0.05, 0.1) is 12.1 Å². The Bertz CT molecular complexity index is 597. The van der Waals surface area contributed by atoms with Gasteiger partial charge in [0.15, 0.2) is 0 Å². The molecule has 0 saturated heterocycles. The van der Waals surface area contributed by atoms with E-state index in [0.717, 1.165) is 6.42 Å². The summed E-state index contributed by atoms with van der Waals surface area (Å²) in [5.41, 5.74) is 0.779. The zero-order valence-electron chi connectivity index (χ0n) is 11.3. The minimum Gasteiger partial charge on any atom is -0.490 e. The molecular weight excluding hydrogens is 258 g/mol. The Kier molecular flexibility index (Phi) is 4.90. The SMILES string of the molecule is CCCOCCOc1c(C(=O)O)cnc2ccccc12. The molecule has 0 spiro atoms. The van der Waals surface area contributed by atoms with Gasteiger partial charge >= 0.3 is 5.97 Å². The van der Waals surface area contributed by atoms with Crippen molar-refractivity contribution in [3.05, 3.63) is 36.0 Å². The van der Waals surface area contributed by atoms with Crippen molar-refractivity contribution < 1.29 is 19.4 Å². The van der Waals surface area contributed by atoms with E-state index in [1.807, 2.05) is 25.1 Å². The first kappa shape index (κ1) is 14.3. The molecule has 0 fully saturated rings. The Labute approximate surface area is 117 Å². The van der Waals surface area contributed by atoms with Gasteiger partial charge in [0, 0.05) is 18.2 Å². The maximum atomic E-state index is 11.2. The molecule has 5 heteroatoms. The van der Waals surface area contributed by atoms with E-state index in [2.05, 4.69) is 4.98 Å².